The number of aryl methyl sites for hydroxylation is 1. The molecule has 0 unspecified atom stereocenters. The van der Waals surface area contributed by atoms with Gasteiger partial charge in [0, 0.05) is 13.0 Å². The normalized spacial score (nSPS) is 17.5. The first kappa shape index (κ1) is 16.8. The van der Waals surface area contributed by atoms with Gasteiger partial charge in [0.1, 0.15) is 6.04 Å². The van der Waals surface area contributed by atoms with E-state index in [0.717, 1.165) is 24.3 Å². The molecule has 1 fully saturated rings. The van der Waals surface area contributed by atoms with E-state index in [9.17, 15) is 18.0 Å². The van der Waals surface area contributed by atoms with Crippen LogP contribution in [0.25, 0.3) is 0 Å². The van der Waals surface area contributed by atoms with Crippen LogP contribution in [0, 0.1) is 0 Å². The lowest BCUT2D eigenvalue weighted by atomic mass is 10.0. The molecule has 1 aliphatic rings. The van der Waals surface area contributed by atoms with E-state index in [1.807, 2.05) is 30.3 Å². The number of halogens is 3. The number of carbonyl (C=O) groups is 1. The fraction of sp³-hybridized carbons (Fsp3) is 0.562. The summed E-state index contributed by atoms with van der Waals surface area (Å²) in [6, 6.07) is 8.35. The number of nitrogens with one attached hydrogen (secondary N) is 1. The minimum absolute atomic E-state index is 0.0264. The number of hydrogen-bond donors (Lipinski definition) is 1. The summed E-state index contributed by atoms with van der Waals surface area (Å²) in [6.07, 6.45) is -1.12. The minimum Gasteiger partial charge on any atom is -0.288 e. The number of nitrogens with zero attached hydrogens (tertiary/aromatic N) is 1. The van der Waals surface area contributed by atoms with E-state index in [2.05, 4.69) is 5.43 Å². The van der Waals surface area contributed by atoms with Crippen molar-refractivity contribution in [2.45, 2.75) is 50.7 Å². The van der Waals surface area contributed by atoms with Crippen LogP contribution >= 0.6 is 0 Å². The van der Waals surface area contributed by atoms with Gasteiger partial charge >= 0.3 is 6.18 Å². The average Bonchev–Trinajstić information content (AvgIpc) is 2.88. The highest BCUT2D eigenvalue weighted by Crippen LogP contribution is 2.29. The van der Waals surface area contributed by atoms with E-state index < -0.39 is 12.2 Å². The second-order valence-electron chi connectivity index (χ2n) is 5.62. The van der Waals surface area contributed by atoms with Crippen molar-refractivity contribution < 1.29 is 18.0 Å². The molecule has 22 heavy (non-hydrogen) atoms. The predicted molar refractivity (Wildman–Crippen MR) is 77.9 cm³/mol. The molecule has 1 amide bonds. The summed E-state index contributed by atoms with van der Waals surface area (Å²) in [7, 11) is 0. The molecule has 0 bridgehead atoms. The number of hydrazine groups is 1. The van der Waals surface area contributed by atoms with Gasteiger partial charge in [-0.15, -0.1) is 0 Å². The van der Waals surface area contributed by atoms with Crippen molar-refractivity contribution in [3.8, 4) is 0 Å². The van der Waals surface area contributed by atoms with Crippen molar-refractivity contribution in [2.24, 2.45) is 0 Å². The number of amides is 1. The summed E-state index contributed by atoms with van der Waals surface area (Å²) in [4.78, 5) is 11.1. The van der Waals surface area contributed by atoms with Crippen LogP contribution in [0.3, 0.4) is 0 Å². The SMILES string of the molecule is O=C1CCN([C@@H](CCCCCc2ccccc2)C(F)(F)F)N1. The summed E-state index contributed by atoms with van der Waals surface area (Å²) in [6.45, 7) is 0.132. The molecule has 1 aromatic rings. The number of unbranched alkanes of at least 4 members (excludes halogenated alkanes) is 2. The average molecular weight is 314 g/mol. The van der Waals surface area contributed by atoms with Crippen molar-refractivity contribution in [3.05, 3.63) is 35.9 Å². The molecule has 3 nitrogen and oxygen atoms in total. The zero-order valence-corrected chi connectivity index (χ0v) is 12.4. The Kier molecular flexibility index (Phi) is 5.83. The Hall–Kier alpha value is -1.56. The summed E-state index contributed by atoms with van der Waals surface area (Å²) < 4.78 is 39.2. The maximum Gasteiger partial charge on any atom is 0.405 e. The Labute approximate surface area is 128 Å². The first-order valence-corrected chi connectivity index (χ1v) is 7.63. The highest BCUT2D eigenvalue weighted by Gasteiger charge is 2.45. The van der Waals surface area contributed by atoms with Crippen LogP contribution in [0.4, 0.5) is 13.2 Å². The van der Waals surface area contributed by atoms with Gasteiger partial charge in [-0.3, -0.25) is 10.2 Å². The van der Waals surface area contributed by atoms with Gasteiger partial charge in [-0.2, -0.15) is 13.2 Å². The van der Waals surface area contributed by atoms with Crippen molar-refractivity contribution >= 4 is 5.91 Å². The number of benzene rings is 1. The zero-order valence-electron chi connectivity index (χ0n) is 12.4. The van der Waals surface area contributed by atoms with Crippen LogP contribution in [0.1, 0.15) is 37.7 Å². The fourth-order valence-corrected chi connectivity index (χ4v) is 2.71. The van der Waals surface area contributed by atoms with Crippen molar-refractivity contribution in [1.29, 1.82) is 0 Å². The molecule has 2 rings (SSSR count). The van der Waals surface area contributed by atoms with E-state index in [0.29, 0.717) is 6.42 Å². The topological polar surface area (TPSA) is 32.3 Å². The van der Waals surface area contributed by atoms with Crippen molar-refractivity contribution in [3.63, 3.8) is 0 Å². The Morgan fingerprint density at radius 2 is 1.86 bits per heavy atom. The number of rotatable bonds is 7. The molecule has 0 aliphatic carbocycles. The molecule has 0 radical (unpaired) electrons. The smallest absolute Gasteiger partial charge is 0.288 e. The summed E-state index contributed by atoms with van der Waals surface area (Å²) in [5, 5.41) is 1.04. The Bertz CT molecular complexity index is 476. The molecular weight excluding hydrogens is 293 g/mol. The first-order valence-electron chi connectivity index (χ1n) is 7.63. The number of hydrogen-bond acceptors (Lipinski definition) is 2. The third-order valence-electron chi connectivity index (χ3n) is 3.89. The molecule has 0 aromatic heterocycles. The van der Waals surface area contributed by atoms with Crippen molar-refractivity contribution in [2.75, 3.05) is 6.54 Å². The monoisotopic (exact) mass is 314 g/mol. The third kappa shape index (κ3) is 5.02. The molecule has 1 aliphatic heterocycles. The molecule has 122 valence electrons. The lowest BCUT2D eigenvalue weighted by Crippen LogP contribution is -2.49. The van der Waals surface area contributed by atoms with Crippen LogP contribution in [-0.4, -0.2) is 29.7 Å². The van der Waals surface area contributed by atoms with Crippen LogP contribution in [0.5, 0.6) is 0 Å². The third-order valence-corrected chi connectivity index (χ3v) is 3.89. The molecule has 1 N–H and O–H groups in total. The zero-order chi connectivity index (χ0) is 16.0. The maximum atomic E-state index is 13.1. The molecule has 0 saturated carbocycles. The Morgan fingerprint density at radius 3 is 2.45 bits per heavy atom. The highest BCUT2D eigenvalue weighted by molar-refractivity contribution is 5.77. The maximum absolute atomic E-state index is 13.1. The van der Waals surface area contributed by atoms with Gasteiger partial charge < -0.3 is 0 Å². The minimum atomic E-state index is -4.31. The summed E-state index contributed by atoms with van der Waals surface area (Å²) >= 11 is 0. The Balaban J connectivity index is 1.73. The van der Waals surface area contributed by atoms with Crippen LogP contribution < -0.4 is 5.43 Å². The number of alkyl halides is 3. The van der Waals surface area contributed by atoms with Gasteiger partial charge in [-0.25, -0.2) is 5.01 Å². The van der Waals surface area contributed by atoms with Crippen LogP contribution in [0.15, 0.2) is 30.3 Å². The van der Waals surface area contributed by atoms with E-state index in [-0.39, 0.29) is 25.3 Å². The lowest BCUT2D eigenvalue weighted by Gasteiger charge is -2.28. The summed E-state index contributed by atoms with van der Waals surface area (Å²) in [5.74, 6) is -0.335. The fourth-order valence-electron chi connectivity index (χ4n) is 2.71. The van der Waals surface area contributed by atoms with Gasteiger partial charge in [0.2, 0.25) is 5.91 Å². The van der Waals surface area contributed by atoms with E-state index in [4.69, 9.17) is 0 Å². The molecular formula is C16H21F3N2O. The molecule has 1 atom stereocenters. The van der Waals surface area contributed by atoms with Crippen molar-refractivity contribution in [1.82, 2.24) is 10.4 Å². The Morgan fingerprint density at radius 1 is 1.14 bits per heavy atom. The second-order valence-corrected chi connectivity index (χ2v) is 5.62. The van der Waals surface area contributed by atoms with Gasteiger partial charge in [0.15, 0.2) is 0 Å². The first-order chi connectivity index (χ1) is 10.5. The molecule has 0 spiro atoms. The highest BCUT2D eigenvalue weighted by atomic mass is 19.4. The molecule has 1 aromatic carbocycles. The quantitative estimate of drug-likeness (QED) is 0.782. The van der Waals surface area contributed by atoms with E-state index in [1.54, 1.807) is 0 Å². The molecule has 6 heteroatoms. The van der Waals surface area contributed by atoms with Gasteiger partial charge in [-0.05, 0) is 24.8 Å². The standard InChI is InChI=1S/C16H21F3N2O/c17-16(18,19)14(21-12-11-15(22)20-21)10-6-2-5-9-13-7-3-1-4-8-13/h1,3-4,7-8,14H,2,5-6,9-12H2,(H,20,22)/t14-/m0/s1. The lowest BCUT2D eigenvalue weighted by molar-refractivity contribution is -0.190. The van der Waals surface area contributed by atoms with E-state index >= 15 is 0 Å². The summed E-state index contributed by atoms with van der Waals surface area (Å²) in [5.41, 5.74) is 3.51. The van der Waals surface area contributed by atoms with E-state index in [1.165, 1.54) is 5.56 Å². The van der Waals surface area contributed by atoms with Gasteiger partial charge in [-0.1, -0.05) is 43.2 Å². The van der Waals surface area contributed by atoms with Gasteiger partial charge in [0.25, 0.3) is 0 Å². The molecule has 1 heterocycles. The molecule has 1 saturated heterocycles. The number of carbonyl (C=O) groups excluding carboxylic acids is 1. The second kappa shape index (κ2) is 7.63. The van der Waals surface area contributed by atoms with Gasteiger partial charge in [0.05, 0.1) is 0 Å². The van der Waals surface area contributed by atoms with Crippen LogP contribution in [0.2, 0.25) is 0 Å². The van der Waals surface area contributed by atoms with Crippen LogP contribution in [-0.2, 0) is 11.2 Å². The predicted octanol–water partition coefficient (Wildman–Crippen LogP) is 3.46. The largest absolute Gasteiger partial charge is 0.405 e.